The fourth-order valence-electron chi connectivity index (χ4n) is 2.58. The van der Waals surface area contributed by atoms with Crippen molar-refractivity contribution in [2.24, 2.45) is 0 Å². The molecule has 0 aromatic carbocycles. The van der Waals surface area contributed by atoms with E-state index in [1.807, 2.05) is 47.7 Å². The first kappa shape index (κ1) is 16.2. The average molecular weight is 321 g/mol. The highest BCUT2D eigenvalue weighted by Gasteiger charge is 2.06. The molecule has 0 aliphatic carbocycles. The maximum Gasteiger partial charge on any atom is 0.0735 e. The Labute approximate surface area is 142 Å². The van der Waals surface area contributed by atoms with Crippen molar-refractivity contribution >= 4 is 5.69 Å². The lowest BCUT2D eigenvalue weighted by atomic mass is 10.2. The summed E-state index contributed by atoms with van der Waals surface area (Å²) in [5.41, 5.74) is 5.06. The second-order valence-corrected chi connectivity index (χ2v) is 6.16. The molecular formula is C19H23N5. The molecule has 3 aromatic rings. The summed E-state index contributed by atoms with van der Waals surface area (Å²) in [5, 5.41) is 7.81. The molecule has 5 nitrogen and oxygen atoms in total. The third-order valence-electron chi connectivity index (χ3n) is 3.67. The number of nitrogens with one attached hydrogen (secondary N) is 1. The van der Waals surface area contributed by atoms with Crippen LogP contribution in [0.3, 0.4) is 0 Å². The van der Waals surface area contributed by atoms with Crippen molar-refractivity contribution in [1.82, 2.24) is 19.7 Å². The van der Waals surface area contributed by atoms with E-state index in [9.17, 15) is 0 Å². The third-order valence-corrected chi connectivity index (χ3v) is 3.67. The summed E-state index contributed by atoms with van der Waals surface area (Å²) in [5.74, 6) is 0. The van der Waals surface area contributed by atoms with Crippen LogP contribution < -0.4 is 5.32 Å². The Morgan fingerprint density at radius 2 is 2.00 bits per heavy atom. The molecule has 0 spiro atoms. The summed E-state index contributed by atoms with van der Waals surface area (Å²) in [7, 11) is 0. The largest absolute Gasteiger partial charge is 0.382 e. The standard InChI is InChI=1S/C19H23N5/c1-4-5-16-10-18(8-9-20-16)24-13-15(11-22-24)19-7-6-17(12-21-19)23-14(2)3/h6-14,23H,4-5H2,1-3H3. The van der Waals surface area contributed by atoms with E-state index in [-0.39, 0.29) is 0 Å². The minimum atomic E-state index is 0.393. The topological polar surface area (TPSA) is 55.6 Å². The van der Waals surface area contributed by atoms with Crippen LogP contribution in [0.4, 0.5) is 5.69 Å². The second-order valence-electron chi connectivity index (χ2n) is 6.16. The van der Waals surface area contributed by atoms with Gasteiger partial charge in [-0.05, 0) is 44.5 Å². The lowest BCUT2D eigenvalue weighted by Gasteiger charge is -2.09. The van der Waals surface area contributed by atoms with Gasteiger partial charge in [0.25, 0.3) is 0 Å². The highest BCUT2D eigenvalue weighted by molar-refractivity contribution is 5.60. The number of pyridine rings is 2. The first-order valence-corrected chi connectivity index (χ1v) is 8.38. The van der Waals surface area contributed by atoms with E-state index >= 15 is 0 Å². The summed E-state index contributed by atoms with van der Waals surface area (Å²) in [4.78, 5) is 8.92. The molecule has 3 aromatic heterocycles. The molecular weight excluding hydrogens is 298 g/mol. The number of aromatic nitrogens is 4. The summed E-state index contributed by atoms with van der Waals surface area (Å²) in [6, 6.07) is 8.51. The van der Waals surface area contributed by atoms with Crippen LogP contribution in [0.15, 0.2) is 49.1 Å². The average Bonchev–Trinajstić information content (AvgIpc) is 3.06. The second kappa shape index (κ2) is 7.25. The molecule has 5 heteroatoms. The summed E-state index contributed by atoms with van der Waals surface area (Å²) in [6.07, 6.45) is 9.61. The van der Waals surface area contributed by atoms with E-state index in [4.69, 9.17) is 0 Å². The number of aryl methyl sites for hydroxylation is 1. The molecule has 0 saturated heterocycles. The van der Waals surface area contributed by atoms with Crippen LogP contribution in [0.25, 0.3) is 16.9 Å². The third kappa shape index (κ3) is 3.79. The molecule has 1 N–H and O–H groups in total. The fraction of sp³-hybridized carbons (Fsp3) is 0.316. The van der Waals surface area contributed by atoms with Crippen LogP contribution in [-0.2, 0) is 6.42 Å². The molecule has 0 atom stereocenters. The van der Waals surface area contributed by atoms with Gasteiger partial charge >= 0.3 is 0 Å². The van der Waals surface area contributed by atoms with Crippen LogP contribution in [-0.4, -0.2) is 25.8 Å². The predicted molar refractivity (Wildman–Crippen MR) is 97.3 cm³/mol. The molecule has 0 aliphatic heterocycles. The highest BCUT2D eigenvalue weighted by atomic mass is 15.3. The Bertz CT molecular complexity index is 790. The lowest BCUT2D eigenvalue weighted by molar-refractivity contribution is 0.848. The number of hydrogen-bond acceptors (Lipinski definition) is 4. The smallest absolute Gasteiger partial charge is 0.0735 e. The Morgan fingerprint density at radius 3 is 2.71 bits per heavy atom. The van der Waals surface area contributed by atoms with E-state index in [2.05, 4.69) is 47.2 Å². The molecule has 124 valence electrons. The molecule has 0 aliphatic rings. The van der Waals surface area contributed by atoms with Crippen LogP contribution in [0, 0.1) is 0 Å². The minimum absolute atomic E-state index is 0.393. The van der Waals surface area contributed by atoms with Crippen molar-refractivity contribution in [1.29, 1.82) is 0 Å². The summed E-state index contributed by atoms with van der Waals surface area (Å²) < 4.78 is 1.87. The van der Waals surface area contributed by atoms with Gasteiger partial charge in [0.05, 0.1) is 29.5 Å². The van der Waals surface area contributed by atoms with E-state index in [0.717, 1.165) is 41.2 Å². The molecule has 3 heterocycles. The van der Waals surface area contributed by atoms with Gasteiger partial charge in [-0.25, -0.2) is 4.68 Å². The SMILES string of the molecule is CCCc1cc(-n2cc(-c3ccc(NC(C)C)cn3)cn2)ccn1. The molecule has 24 heavy (non-hydrogen) atoms. The molecule has 0 unspecified atom stereocenters. The molecule has 0 radical (unpaired) electrons. The fourth-order valence-corrected chi connectivity index (χ4v) is 2.58. The summed E-state index contributed by atoms with van der Waals surface area (Å²) in [6.45, 7) is 6.38. The first-order valence-electron chi connectivity index (χ1n) is 8.38. The van der Waals surface area contributed by atoms with Crippen molar-refractivity contribution < 1.29 is 0 Å². The van der Waals surface area contributed by atoms with Gasteiger partial charge in [0.15, 0.2) is 0 Å². The highest BCUT2D eigenvalue weighted by Crippen LogP contribution is 2.20. The lowest BCUT2D eigenvalue weighted by Crippen LogP contribution is -2.09. The zero-order valence-electron chi connectivity index (χ0n) is 14.4. The van der Waals surface area contributed by atoms with Crippen LogP contribution in [0.1, 0.15) is 32.9 Å². The molecule has 0 saturated carbocycles. The molecule has 0 fully saturated rings. The van der Waals surface area contributed by atoms with E-state index < -0.39 is 0 Å². The molecule has 0 amide bonds. The maximum absolute atomic E-state index is 4.53. The van der Waals surface area contributed by atoms with Crippen LogP contribution in [0.5, 0.6) is 0 Å². The molecule has 3 rings (SSSR count). The van der Waals surface area contributed by atoms with Gasteiger partial charge in [-0.1, -0.05) is 13.3 Å². The maximum atomic E-state index is 4.53. The van der Waals surface area contributed by atoms with E-state index in [1.54, 1.807) is 0 Å². The Kier molecular flexibility index (Phi) is 4.89. The van der Waals surface area contributed by atoms with Gasteiger partial charge < -0.3 is 5.32 Å². The monoisotopic (exact) mass is 321 g/mol. The van der Waals surface area contributed by atoms with Gasteiger partial charge in [-0.15, -0.1) is 0 Å². The number of nitrogens with zero attached hydrogens (tertiary/aromatic N) is 4. The number of hydrogen-bond donors (Lipinski definition) is 1. The summed E-state index contributed by atoms with van der Waals surface area (Å²) >= 11 is 0. The van der Waals surface area contributed by atoms with Gasteiger partial charge in [0, 0.05) is 29.7 Å². The van der Waals surface area contributed by atoms with E-state index in [0.29, 0.717) is 6.04 Å². The Morgan fingerprint density at radius 1 is 1.12 bits per heavy atom. The van der Waals surface area contributed by atoms with Crippen molar-refractivity contribution in [2.75, 3.05) is 5.32 Å². The van der Waals surface area contributed by atoms with Crippen molar-refractivity contribution in [3.8, 4) is 16.9 Å². The quantitative estimate of drug-likeness (QED) is 0.742. The van der Waals surface area contributed by atoms with E-state index in [1.165, 1.54) is 0 Å². The molecule has 0 bridgehead atoms. The van der Waals surface area contributed by atoms with Gasteiger partial charge in [-0.2, -0.15) is 5.10 Å². The van der Waals surface area contributed by atoms with Gasteiger partial charge in [0.1, 0.15) is 0 Å². The number of rotatable bonds is 6. The Hall–Kier alpha value is -2.69. The van der Waals surface area contributed by atoms with Crippen molar-refractivity contribution in [2.45, 2.75) is 39.7 Å². The normalized spacial score (nSPS) is 11.0. The Balaban J connectivity index is 1.81. The zero-order chi connectivity index (χ0) is 16.9. The predicted octanol–water partition coefficient (Wildman–Crippen LogP) is 4.10. The van der Waals surface area contributed by atoms with Gasteiger partial charge in [-0.3, -0.25) is 9.97 Å². The van der Waals surface area contributed by atoms with Crippen LogP contribution >= 0.6 is 0 Å². The zero-order valence-corrected chi connectivity index (χ0v) is 14.4. The number of anilines is 1. The van der Waals surface area contributed by atoms with Crippen molar-refractivity contribution in [3.05, 3.63) is 54.7 Å². The van der Waals surface area contributed by atoms with Crippen molar-refractivity contribution in [3.63, 3.8) is 0 Å². The van der Waals surface area contributed by atoms with Gasteiger partial charge in [0.2, 0.25) is 0 Å². The first-order chi connectivity index (χ1) is 11.7. The minimum Gasteiger partial charge on any atom is -0.382 e. The van der Waals surface area contributed by atoms with Crippen LogP contribution in [0.2, 0.25) is 0 Å².